The lowest BCUT2D eigenvalue weighted by atomic mass is 10.3. The van der Waals surface area contributed by atoms with Crippen LogP contribution in [0.3, 0.4) is 0 Å². The minimum absolute atomic E-state index is 0.0668. The molecule has 0 N–H and O–H groups in total. The van der Waals surface area contributed by atoms with Crippen molar-refractivity contribution < 1.29 is 0 Å². The van der Waals surface area contributed by atoms with Gasteiger partial charge in [-0.1, -0.05) is 18.2 Å². The zero-order chi connectivity index (χ0) is 17.7. The molecule has 5 rings (SSSR count). The zero-order valence-corrected chi connectivity index (χ0v) is 14.4. The highest BCUT2D eigenvalue weighted by Crippen LogP contribution is 2.21. The van der Waals surface area contributed by atoms with Gasteiger partial charge in [0.1, 0.15) is 12.4 Å². The fraction of sp³-hybridized carbons (Fsp3) is 0.167. The van der Waals surface area contributed by atoms with Crippen LogP contribution in [0.4, 0.5) is 0 Å². The van der Waals surface area contributed by atoms with Crippen molar-refractivity contribution in [2.75, 3.05) is 0 Å². The fourth-order valence-electron chi connectivity index (χ4n) is 3.04. The second-order valence-corrected chi connectivity index (χ2v) is 6.29. The number of hydrogen-bond donors (Lipinski definition) is 0. The summed E-state index contributed by atoms with van der Waals surface area (Å²) in [7, 11) is 0. The van der Waals surface area contributed by atoms with Crippen molar-refractivity contribution >= 4 is 16.7 Å². The molecule has 128 valence electrons. The van der Waals surface area contributed by atoms with Gasteiger partial charge in [0.15, 0.2) is 17.1 Å². The van der Waals surface area contributed by atoms with Gasteiger partial charge in [-0.15, -0.1) is 5.10 Å². The predicted molar refractivity (Wildman–Crippen MR) is 96.2 cm³/mol. The third-order valence-electron chi connectivity index (χ3n) is 4.42. The summed E-state index contributed by atoms with van der Waals surface area (Å²) in [5.74, 6) is 0.690. The maximum atomic E-state index is 4.73. The Bertz CT molecular complexity index is 1210. The highest BCUT2D eigenvalue weighted by atomic mass is 15.4. The van der Waals surface area contributed by atoms with Crippen molar-refractivity contribution in [2.45, 2.75) is 19.9 Å². The molecule has 0 radical (unpaired) electrons. The molecule has 26 heavy (non-hydrogen) atoms. The molecule has 5 aromatic rings. The van der Waals surface area contributed by atoms with Crippen LogP contribution in [0.2, 0.25) is 0 Å². The Labute approximate surface area is 148 Å². The quantitative estimate of drug-likeness (QED) is 0.503. The van der Waals surface area contributed by atoms with Crippen molar-refractivity contribution in [3.8, 4) is 5.69 Å². The van der Waals surface area contributed by atoms with E-state index in [2.05, 4.69) is 20.3 Å². The van der Waals surface area contributed by atoms with E-state index in [-0.39, 0.29) is 6.04 Å². The Kier molecular flexibility index (Phi) is 3.11. The molecular formula is C18H16N8. The predicted octanol–water partition coefficient (Wildman–Crippen LogP) is 2.58. The molecule has 8 heteroatoms. The first-order valence-electron chi connectivity index (χ1n) is 8.36. The average Bonchev–Trinajstić information content (AvgIpc) is 3.38. The van der Waals surface area contributed by atoms with Crippen molar-refractivity contribution in [1.82, 2.24) is 39.1 Å². The van der Waals surface area contributed by atoms with Crippen molar-refractivity contribution in [3.05, 3.63) is 66.6 Å². The molecule has 8 nitrogen and oxygen atoms in total. The summed E-state index contributed by atoms with van der Waals surface area (Å²) in [5, 5.41) is 14.3. The molecule has 0 aliphatic rings. The fourth-order valence-corrected chi connectivity index (χ4v) is 3.04. The van der Waals surface area contributed by atoms with Crippen LogP contribution in [0.1, 0.15) is 24.4 Å². The SMILES string of the molecule is Cc1cnn([C@H](C)c2nc3c4cnn(-c5ccccc5)c4ncn3n2)c1. The maximum Gasteiger partial charge on any atom is 0.176 e. The number of rotatable bonds is 3. The van der Waals surface area contributed by atoms with Gasteiger partial charge in [0, 0.05) is 6.20 Å². The minimum atomic E-state index is -0.0668. The van der Waals surface area contributed by atoms with Crippen molar-refractivity contribution in [1.29, 1.82) is 0 Å². The summed E-state index contributed by atoms with van der Waals surface area (Å²) in [6, 6.07) is 9.85. The van der Waals surface area contributed by atoms with E-state index in [1.165, 1.54) is 0 Å². The van der Waals surface area contributed by atoms with Crippen LogP contribution in [-0.4, -0.2) is 39.1 Å². The van der Waals surface area contributed by atoms with E-state index in [0.717, 1.165) is 27.9 Å². The smallest absolute Gasteiger partial charge is 0.176 e. The largest absolute Gasteiger partial charge is 0.262 e. The summed E-state index contributed by atoms with van der Waals surface area (Å²) in [6.45, 7) is 4.04. The second kappa shape index (κ2) is 5.48. The molecule has 0 spiro atoms. The molecule has 0 aliphatic heterocycles. The number of hydrogen-bond acceptors (Lipinski definition) is 5. The van der Waals surface area contributed by atoms with Gasteiger partial charge < -0.3 is 0 Å². The normalized spacial score (nSPS) is 12.8. The van der Waals surface area contributed by atoms with E-state index >= 15 is 0 Å². The lowest BCUT2D eigenvalue weighted by molar-refractivity contribution is 0.536. The Balaban J connectivity index is 1.65. The topological polar surface area (TPSA) is 78.7 Å². The molecule has 4 heterocycles. The van der Waals surface area contributed by atoms with E-state index in [0.29, 0.717) is 5.82 Å². The third kappa shape index (κ3) is 2.19. The monoisotopic (exact) mass is 344 g/mol. The number of nitrogens with zero attached hydrogens (tertiary/aromatic N) is 8. The van der Waals surface area contributed by atoms with E-state index in [1.54, 1.807) is 17.0 Å². The molecule has 0 saturated carbocycles. The Hall–Kier alpha value is -3.55. The van der Waals surface area contributed by atoms with Crippen LogP contribution in [0.25, 0.3) is 22.4 Å². The number of aromatic nitrogens is 8. The van der Waals surface area contributed by atoms with Crippen LogP contribution < -0.4 is 0 Å². The molecule has 1 atom stereocenters. The summed E-state index contributed by atoms with van der Waals surface area (Å²) in [4.78, 5) is 9.26. The second-order valence-electron chi connectivity index (χ2n) is 6.29. The zero-order valence-electron chi connectivity index (χ0n) is 14.4. The third-order valence-corrected chi connectivity index (χ3v) is 4.42. The van der Waals surface area contributed by atoms with Gasteiger partial charge in [0.2, 0.25) is 0 Å². The standard InChI is InChI=1S/C18H16N8/c1-12-8-20-24(10-12)13(2)16-22-18-15-9-21-26(14-6-4-3-5-7-14)17(15)19-11-25(18)23-16/h3-11,13H,1-2H3/t13-/m1/s1. The lowest BCUT2D eigenvalue weighted by Gasteiger charge is -2.06. The van der Waals surface area contributed by atoms with E-state index in [1.807, 2.05) is 65.9 Å². The van der Waals surface area contributed by atoms with Gasteiger partial charge in [0.25, 0.3) is 0 Å². The van der Waals surface area contributed by atoms with Crippen LogP contribution in [0, 0.1) is 6.92 Å². The number of para-hydroxylation sites is 1. The van der Waals surface area contributed by atoms with E-state index < -0.39 is 0 Å². The molecule has 0 amide bonds. The van der Waals surface area contributed by atoms with Gasteiger partial charge in [-0.2, -0.15) is 10.2 Å². The molecule has 0 unspecified atom stereocenters. The van der Waals surface area contributed by atoms with E-state index in [9.17, 15) is 0 Å². The first-order valence-corrected chi connectivity index (χ1v) is 8.36. The lowest BCUT2D eigenvalue weighted by Crippen LogP contribution is -2.09. The minimum Gasteiger partial charge on any atom is -0.262 e. The molecule has 0 bridgehead atoms. The molecule has 1 aromatic carbocycles. The molecule has 4 aromatic heterocycles. The molecular weight excluding hydrogens is 328 g/mol. The van der Waals surface area contributed by atoms with Crippen molar-refractivity contribution in [3.63, 3.8) is 0 Å². The average molecular weight is 344 g/mol. The van der Waals surface area contributed by atoms with E-state index in [4.69, 9.17) is 4.98 Å². The number of fused-ring (bicyclic) bond motifs is 3. The summed E-state index contributed by atoms with van der Waals surface area (Å²) < 4.78 is 5.37. The number of aryl methyl sites for hydroxylation is 1. The Morgan fingerprint density at radius 2 is 1.85 bits per heavy atom. The van der Waals surface area contributed by atoms with Crippen LogP contribution >= 0.6 is 0 Å². The van der Waals surface area contributed by atoms with Gasteiger partial charge in [-0.3, -0.25) is 4.68 Å². The van der Waals surface area contributed by atoms with Gasteiger partial charge in [-0.25, -0.2) is 19.2 Å². The van der Waals surface area contributed by atoms with Gasteiger partial charge in [-0.05, 0) is 31.5 Å². The van der Waals surface area contributed by atoms with Crippen LogP contribution in [-0.2, 0) is 0 Å². The maximum absolute atomic E-state index is 4.73. The first-order chi connectivity index (χ1) is 12.7. The van der Waals surface area contributed by atoms with Gasteiger partial charge in [0.05, 0.1) is 23.5 Å². The highest BCUT2D eigenvalue weighted by molar-refractivity contribution is 5.89. The van der Waals surface area contributed by atoms with Gasteiger partial charge >= 0.3 is 0 Å². The molecule has 0 saturated heterocycles. The van der Waals surface area contributed by atoms with Crippen LogP contribution in [0.5, 0.6) is 0 Å². The summed E-state index contributed by atoms with van der Waals surface area (Å²) in [5.41, 5.74) is 3.56. The number of benzene rings is 1. The summed E-state index contributed by atoms with van der Waals surface area (Å²) >= 11 is 0. The Morgan fingerprint density at radius 3 is 2.62 bits per heavy atom. The highest BCUT2D eigenvalue weighted by Gasteiger charge is 2.18. The van der Waals surface area contributed by atoms with Crippen LogP contribution in [0.15, 0.2) is 55.2 Å². The Morgan fingerprint density at radius 1 is 1.00 bits per heavy atom. The molecule has 0 fully saturated rings. The summed E-state index contributed by atoms with van der Waals surface area (Å²) in [6.07, 6.45) is 7.27. The van der Waals surface area contributed by atoms with Crippen molar-refractivity contribution in [2.24, 2.45) is 0 Å². The molecule has 0 aliphatic carbocycles. The first kappa shape index (κ1) is 14.8.